The molecule has 110 valence electrons. The Labute approximate surface area is 121 Å². The Morgan fingerprint density at radius 1 is 1.33 bits per heavy atom. The van der Waals surface area contributed by atoms with Gasteiger partial charge in [0.05, 0.1) is 11.9 Å². The van der Waals surface area contributed by atoms with Crippen molar-refractivity contribution in [1.29, 1.82) is 0 Å². The van der Waals surface area contributed by atoms with Crippen LogP contribution in [0.3, 0.4) is 0 Å². The molecule has 2 aromatic rings. The molecule has 0 aliphatic carbocycles. The molecule has 21 heavy (non-hydrogen) atoms. The van der Waals surface area contributed by atoms with Gasteiger partial charge in [0, 0.05) is 18.2 Å². The van der Waals surface area contributed by atoms with Crippen LogP contribution in [0.1, 0.15) is 20.8 Å². The molecule has 1 aromatic carbocycles. The van der Waals surface area contributed by atoms with Gasteiger partial charge in [-0.25, -0.2) is 9.48 Å². The summed E-state index contributed by atoms with van der Waals surface area (Å²) in [5.74, 6) is -1.18. The zero-order valence-electron chi connectivity index (χ0n) is 12.0. The van der Waals surface area contributed by atoms with E-state index in [1.54, 1.807) is 38.1 Å². The molecule has 0 radical (unpaired) electrons. The van der Waals surface area contributed by atoms with Gasteiger partial charge in [0.2, 0.25) is 5.91 Å². The smallest absolute Gasteiger partial charge is 0.331 e. The summed E-state index contributed by atoms with van der Waals surface area (Å²) in [4.78, 5) is 22.5. The molecule has 2 N–H and O–H groups in total. The number of anilines is 1. The van der Waals surface area contributed by atoms with Gasteiger partial charge in [0.25, 0.3) is 0 Å². The van der Waals surface area contributed by atoms with E-state index < -0.39 is 11.5 Å². The zero-order chi connectivity index (χ0) is 15.6. The average Bonchev–Trinajstić information content (AvgIpc) is 2.87. The fraction of sp³-hybridized carbons (Fsp3) is 0.286. The SMILES string of the molecule is CC(=O)Nc1cccc(-c2cnnn2C(C)(C)C(=O)O)c1. The maximum atomic E-state index is 11.4. The maximum Gasteiger partial charge on any atom is 0.331 e. The standard InChI is InChI=1S/C14H16N4O3/c1-9(19)16-11-6-4-5-10(7-11)12-8-15-17-18(12)14(2,3)13(20)21/h4-8H,1-3H3,(H,16,19)(H,20,21). The number of amides is 1. The number of carboxylic acids is 1. The van der Waals surface area contributed by atoms with Crippen molar-refractivity contribution in [1.82, 2.24) is 15.0 Å². The number of carbonyl (C=O) groups excluding carboxylic acids is 1. The highest BCUT2D eigenvalue weighted by Crippen LogP contribution is 2.26. The summed E-state index contributed by atoms with van der Waals surface area (Å²) in [7, 11) is 0. The van der Waals surface area contributed by atoms with Crippen molar-refractivity contribution in [3.8, 4) is 11.3 Å². The highest BCUT2D eigenvalue weighted by Gasteiger charge is 2.32. The first kappa shape index (κ1) is 14.7. The van der Waals surface area contributed by atoms with Gasteiger partial charge in [-0.3, -0.25) is 4.79 Å². The predicted octanol–water partition coefficient (Wildman–Crippen LogP) is 1.72. The Balaban J connectivity index is 2.47. The number of aromatic nitrogens is 3. The highest BCUT2D eigenvalue weighted by molar-refractivity contribution is 5.89. The molecule has 2 rings (SSSR count). The van der Waals surface area contributed by atoms with Gasteiger partial charge < -0.3 is 10.4 Å². The molecule has 0 saturated heterocycles. The normalized spacial score (nSPS) is 11.2. The monoisotopic (exact) mass is 288 g/mol. The lowest BCUT2D eigenvalue weighted by Crippen LogP contribution is -2.37. The van der Waals surface area contributed by atoms with E-state index in [1.807, 2.05) is 0 Å². The first-order valence-corrected chi connectivity index (χ1v) is 6.35. The number of nitrogens with one attached hydrogen (secondary N) is 1. The van der Waals surface area contributed by atoms with E-state index in [4.69, 9.17) is 0 Å². The molecule has 1 heterocycles. The summed E-state index contributed by atoms with van der Waals surface area (Å²) in [6.45, 7) is 4.52. The van der Waals surface area contributed by atoms with E-state index in [1.165, 1.54) is 17.8 Å². The van der Waals surface area contributed by atoms with Crippen LogP contribution in [0.2, 0.25) is 0 Å². The lowest BCUT2D eigenvalue weighted by molar-refractivity contribution is -0.146. The zero-order valence-corrected chi connectivity index (χ0v) is 12.0. The van der Waals surface area contributed by atoms with Crippen LogP contribution in [-0.4, -0.2) is 32.0 Å². The molecule has 0 spiro atoms. The van der Waals surface area contributed by atoms with Gasteiger partial charge in [0.15, 0.2) is 5.54 Å². The molecule has 0 atom stereocenters. The first-order chi connectivity index (χ1) is 9.82. The van der Waals surface area contributed by atoms with Crippen molar-refractivity contribution >= 4 is 17.6 Å². The van der Waals surface area contributed by atoms with Crippen molar-refractivity contribution in [2.45, 2.75) is 26.3 Å². The van der Waals surface area contributed by atoms with Crippen LogP contribution in [-0.2, 0) is 15.1 Å². The average molecular weight is 288 g/mol. The Morgan fingerprint density at radius 2 is 2.05 bits per heavy atom. The highest BCUT2D eigenvalue weighted by atomic mass is 16.4. The van der Waals surface area contributed by atoms with E-state index in [-0.39, 0.29) is 5.91 Å². The minimum absolute atomic E-state index is 0.176. The Bertz CT molecular complexity index is 691. The Kier molecular flexibility index (Phi) is 3.75. The second-order valence-corrected chi connectivity index (χ2v) is 5.16. The second kappa shape index (κ2) is 5.35. The molecular formula is C14H16N4O3. The van der Waals surface area contributed by atoms with Crippen molar-refractivity contribution in [3.05, 3.63) is 30.5 Å². The Morgan fingerprint density at radius 3 is 2.67 bits per heavy atom. The van der Waals surface area contributed by atoms with Gasteiger partial charge in [0.1, 0.15) is 0 Å². The van der Waals surface area contributed by atoms with Gasteiger partial charge in [-0.05, 0) is 26.0 Å². The molecule has 0 bridgehead atoms. The lowest BCUT2D eigenvalue weighted by Gasteiger charge is -2.21. The summed E-state index contributed by atoms with van der Waals surface area (Å²) < 4.78 is 1.35. The number of hydrogen-bond acceptors (Lipinski definition) is 4. The lowest BCUT2D eigenvalue weighted by atomic mass is 10.0. The van der Waals surface area contributed by atoms with Crippen LogP contribution in [0.25, 0.3) is 11.3 Å². The molecule has 0 aliphatic rings. The molecule has 7 nitrogen and oxygen atoms in total. The van der Waals surface area contributed by atoms with E-state index >= 15 is 0 Å². The largest absolute Gasteiger partial charge is 0.479 e. The molecular weight excluding hydrogens is 272 g/mol. The van der Waals surface area contributed by atoms with E-state index in [2.05, 4.69) is 15.6 Å². The van der Waals surface area contributed by atoms with Crippen LogP contribution in [0.4, 0.5) is 5.69 Å². The number of hydrogen-bond donors (Lipinski definition) is 2. The van der Waals surface area contributed by atoms with Gasteiger partial charge in [-0.15, -0.1) is 5.10 Å². The third-order valence-electron chi connectivity index (χ3n) is 3.08. The van der Waals surface area contributed by atoms with Crippen LogP contribution < -0.4 is 5.32 Å². The van der Waals surface area contributed by atoms with Crippen LogP contribution >= 0.6 is 0 Å². The molecule has 7 heteroatoms. The van der Waals surface area contributed by atoms with Crippen molar-refractivity contribution < 1.29 is 14.7 Å². The number of carbonyl (C=O) groups is 2. The number of benzene rings is 1. The van der Waals surface area contributed by atoms with Crippen molar-refractivity contribution in [2.24, 2.45) is 0 Å². The Hall–Kier alpha value is -2.70. The maximum absolute atomic E-state index is 11.4. The fourth-order valence-corrected chi connectivity index (χ4v) is 1.89. The molecule has 1 aromatic heterocycles. The summed E-state index contributed by atoms with van der Waals surface area (Å²) in [5, 5.41) is 19.7. The van der Waals surface area contributed by atoms with Crippen LogP contribution in [0.5, 0.6) is 0 Å². The van der Waals surface area contributed by atoms with E-state index in [0.29, 0.717) is 11.4 Å². The molecule has 0 saturated carbocycles. The third kappa shape index (κ3) is 2.91. The third-order valence-corrected chi connectivity index (χ3v) is 3.08. The van der Waals surface area contributed by atoms with Crippen LogP contribution in [0, 0.1) is 0 Å². The van der Waals surface area contributed by atoms with Gasteiger partial charge in [-0.2, -0.15) is 0 Å². The molecule has 0 aliphatic heterocycles. The quantitative estimate of drug-likeness (QED) is 0.892. The molecule has 1 amide bonds. The number of aliphatic carboxylic acids is 1. The van der Waals surface area contributed by atoms with Crippen molar-refractivity contribution in [3.63, 3.8) is 0 Å². The number of rotatable bonds is 4. The molecule has 0 fully saturated rings. The summed E-state index contributed by atoms with van der Waals surface area (Å²) in [6.07, 6.45) is 1.50. The van der Waals surface area contributed by atoms with Crippen LogP contribution in [0.15, 0.2) is 30.5 Å². The van der Waals surface area contributed by atoms with E-state index in [0.717, 1.165) is 5.56 Å². The summed E-state index contributed by atoms with van der Waals surface area (Å²) >= 11 is 0. The minimum atomic E-state index is -1.23. The number of carboxylic acid groups (broad SMARTS) is 1. The predicted molar refractivity (Wildman–Crippen MR) is 76.7 cm³/mol. The second-order valence-electron chi connectivity index (χ2n) is 5.16. The molecule has 0 unspecified atom stereocenters. The minimum Gasteiger partial charge on any atom is -0.479 e. The fourth-order valence-electron chi connectivity index (χ4n) is 1.89. The van der Waals surface area contributed by atoms with Crippen molar-refractivity contribution in [2.75, 3.05) is 5.32 Å². The topological polar surface area (TPSA) is 97.1 Å². The van der Waals surface area contributed by atoms with E-state index in [9.17, 15) is 14.7 Å². The first-order valence-electron chi connectivity index (χ1n) is 6.35. The number of nitrogens with zero attached hydrogens (tertiary/aromatic N) is 3. The van der Waals surface area contributed by atoms with Gasteiger partial charge >= 0.3 is 5.97 Å². The summed E-state index contributed by atoms with van der Waals surface area (Å²) in [5.41, 5.74) is 0.687. The summed E-state index contributed by atoms with van der Waals surface area (Å²) in [6, 6.07) is 7.07. The van der Waals surface area contributed by atoms with Gasteiger partial charge in [-0.1, -0.05) is 17.3 Å².